The molecule has 0 aliphatic carbocycles. The molecule has 0 saturated heterocycles. The smallest absolute Gasteiger partial charge is 0.337 e. The summed E-state index contributed by atoms with van der Waals surface area (Å²) in [6.45, 7) is 1.60. The van der Waals surface area contributed by atoms with E-state index in [1.807, 2.05) is 0 Å². The number of aromatic carboxylic acids is 1. The number of nitrogen functional groups attached to an aromatic ring is 1. The van der Waals surface area contributed by atoms with Crippen molar-refractivity contribution in [3.8, 4) is 0 Å². The molecule has 6 heteroatoms. The Morgan fingerprint density at radius 1 is 1.69 bits per heavy atom. The average molecular weight is 274 g/mol. The summed E-state index contributed by atoms with van der Waals surface area (Å²) in [5.41, 5.74) is 5.66. The van der Waals surface area contributed by atoms with E-state index in [1.54, 1.807) is 6.92 Å². The maximum atomic E-state index is 10.5. The average Bonchev–Trinajstić information content (AvgIpc) is 1.96. The number of carboxylic acids is 1. The first kappa shape index (κ1) is 12.8. The SMILES string of the molecule is Cc1[c-]c(N)c(Cl)c(C(=O)O)n1.[Y]. The van der Waals surface area contributed by atoms with Gasteiger partial charge in [0.15, 0.2) is 0 Å². The second kappa shape index (κ2) is 4.89. The Morgan fingerprint density at radius 3 is 2.69 bits per heavy atom. The molecule has 0 spiro atoms. The third kappa shape index (κ3) is 2.90. The molecular weight excluding hydrogens is 268 g/mol. The zero-order valence-electron chi connectivity index (χ0n) is 6.84. The quantitative estimate of drug-likeness (QED) is 0.753. The van der Waals surface area contributed by atoms with Crippen LogP contribution in [-0.2, 0) is 32.7 Å². The zero-order chi connectivity index (χ0) is 9.30. The first-order chi connectivity index (χ1) is 5.52. The Hall–Kier alpha value is -0.186. The predicted octanol–water partition coefficient (Wildman–Crippen LogP) is 1.12. The Kier molecular flexibility index (Phi) is 4.82. The van der Waals surface area contributed by atoms with Crippen molar-refractivity contribution in [1.82, 2.24) is 4.98 Å². The summed E-state index contributed by atoms with van der Waals surface area (Å²) in [5, 5.41) is 8.54. The molecule has 0 atom stereocenters. The molecule has 0 unspecified atom stereocenters. The van der Waals surface area contributed by atoms with Crippen LogP contribution in [0.4, 0.5) is 5.69 Å². The summed E-state index contributed by atoms with van der Waals surface area (Å²) >= 11 is 5.56. The number of nitrogens with zero attached hydrogens (tertiary/aromatic N) is 1. The van der Waals surface area contributed by atoms with Crippen LogP contribution in [0, 0.1) is 13.0 Å². The molecule has 13 heavy (non-hydrogen) atoms. The molecule has 1 rings (SSSR count). The Bertz CT molecular complexity index is 344. The van der Waals surface area contributed by atoms with Crippen molar-refractivity contribution in [2.45, 2.75) is 6.92 Å². The van der Waals surface area contributed by atoms with Gasteiger partial charge in [-0.1, -0.05) is 10.7 Å². The van der Waals surface area contributed by atoms with Crippen LogP contribution in [0.15, 0.2) is 0 Å². The third-order valence-electron chi connectivity index (χ3n) is 1.24. The number of pyridine rings is 1. The summed E-state index contributed by atoms with van der Waals surface area (Å²) < 4.78 is 0. The summed E-state index contributed by atoms with van der Waals surface area (Å²) in [6.07, 6.45) is 0. The van der Waals surface area contributed by atoms with E-state index in [1.165, 1.54) is 0 Å². The van der Waals surface area contributed by atoms with Crippen molar-refractivity contribution in [3.05, 3.63) is 22.5 Å². The summed E-state index contributed by atoms with van der Waals surface area (Å²) in [5.74, 6) is -1.19. The molecule has 1 radical (unpaired) electrons. The summed E-state index contributed by atoms with van der Waals surface area (Å²) in [4.78, 5) is 14.2. The van der Waals surface area contributed by atoms with Crippen LogP contribution in [0.3, 0.4) is 0 Å². The fourth-order valence-corrected chi connectivity index (χ4v) is 0.934. The summed E-state index contributed by atoms with van der Waals surface area (Å²) in [7, 11) is 0. The van der Waals surface area contributed by atoms with Gasteiger partial charge in [-0.2, -0.15) is 0 Å². The number of hydrogen-bond acceptors (Lipinski definition) is 3. The fourth-order valence-electron chi connectivity index (χ4n) is 0.764. The molecule has 0 aliphatic heterocycles. The number of carboxylic acid groups (broad SMARTS) is 1. The first-order valence-electron chi connectivity index (χ1n) is 3.10. The first-order valence-corrected chi connectivity index (χ1v) is 3.48. The van der Waals surface area contributed by atoms with Crippen LogP contribution < -0.4 is 5.73 Å². The van der Waals surface area contributed by atoms with Crippen LogP contribution in [0.5, 0.6) is 0 Å². The molecule has 4 nitrogen and oxygen atoms in total. The fraction of sp³-hybridized carbons (Fsp3) is 0.143. The molecule has 1 heterocycles. The van der Waals surface area contributed by atoms with Crippen LogP contribution in [-0.4, -0.2) is 16.1 Å². The minimum Gasteiger partial charge on any atom is -0.478 e. The van der Waals surface area contributed by atoms with Crippen LogP contribution in [0.2, 0.25) is 5.02 Å². The van der Waals surface area contributed by atoms with Gasteiger partial charge in [0.25, 0.3) is 0 Å². The van der Waals surface area contributed by atoms with Gasteiger partial charge in [-0.05, 0) is 6.92 Å². The van der Waals surface area contributed by atoms with Crippen molar-refractivity contribution >= 4 is 23.3 Å². The number of aryl methyl sites for hydroxylation is 1. The number of rotatable bonds is 1. The number of anilines is 1. The van der Waals surface area contributed by atoms with Gasteiger partial charge in [0.05, 0.1) is 5.69 Å². The number of nitrogens with two attached hydrogens (primary N) is 1. The van der Waals surface area contributed by atoms with Gasteiger partial charge in [-0.3, -0.25) is 4.98 Å². The minimum atomic E-state index is -1.19. The van der Waals surface area contributed by atoms with Crippen LogP contribution >= 0.6 is 11.6 Å². The topological polar surface area (TPSA) is 76.2 Å². The number of carbonyl (C=O) groups is 1. The maximum absolute atomic E-state index is 10.5. The predicted molar refractivity (Wildman–Crippen MR) is 44.2 cm³/mol. The van der Waals surface area contributed by atoms with E-state index in [-0.39, 0.29) is 49.1 Å². The van der Waals surface area contributed by atoms with Gasteiger partial charge in [-0.15, -0.1) is 5.69 Å². The molecule has 0 aliphatic rings. The maximum Gasteiger partial charge on any atom is 0.337 e. The largest absolute Gasteiger partial charge is 0.478 e. The molecule has 0 bridgehead atoms. The number of halogens is 1. The molecule has 0 amide bonds. The third-order valence-corrected chi connectivity index (χ3v) is 1.62. The van der Waals surface area contributed by atoms with Gasteiger partial charge in [0, 0.05) is 32.7 Å². The van der Waals surface area contributed by atoms with Gasteiger partial charge in [0.2, 0.25) is 0 Å². The Morgan fingerprint density at radius 2 is 2.23 bits per heavy atom. The number of aromatic nitrogens is 1. The van der Waals surface area contributed by atoms with Crippen molar-refractivity contribution in [3.63, 3.8) is 0 Å². The van der Waals surface area contributed by atoms with Gasteiger partial charge in [-0.25, -0.2) is 22.5 Å². The van der Waals surface area contributed by atoms with E-state index >= 15 is 0 Å². The van der Waals surface area contributed by atoms with Crippen molar-refractivity contribution in [1.29, 1.82) is 0 Å². The molecule has 0 fully saturated rings. The monoisotopic (exact) mass is 274 g/mol. The second-order valence-corrected chi connectivity index (χ2v) is 2.58. The van der Waals surface area contributed by atoms with E-state index in [0.29, 0.717) is 5.69 Å². The van der Waals surface area contributed by atoms with Gasteiger partial charge in [0.1, 0.15) is 0 Å². The zero-order valence-corrected chi connectivity index (χ0v) is 10.4. The Balaban J connectivity index is 0.00000144. The Labute approximate surface area is 105 Å². The number of hydrogen-bond donors (Lipinski definition) is 2. The summed E-state index contributed by atoms with van der Waals surface area (Å²) in [6, 6.07) is 2.61. The standard InChI is InChI=1S/C7H6ClN2O2.Y/c1-3-2-4(9)5(8)6(10-3)7(11)12;/h1H3,(H2,9,10)(H,11,12);/q-1;. The van der Waals surface area contributed by atoms with Crippen molar-refractivity contribution in [2.75, 3.05) is 5.73 Å². The molecule has 1 aromatic rings. The van der Waals surface area contributed by atoms with Gasteiger partial charge < -0.3 is 10.8 Å². The van der Waals surface area contributed by atoms with Crippen molar-refractivity contribution in [2.24, 2.45) is 0 Å². The molecule has 0 aromatic carbocycles. The van der Waals surface area contributed by atoms with Crippen LogP contribution in [0.1, 0.15) is 16.2 Å². The van der Waals surface area contributed by atoms with Crippen LogP contribution in [0.25, 0.3) is 0 Å². The molecule has 1 aromatic heterocycles. The van der Waals surface area contributed by atoms with E-state index in [4.69, 9.17) is 22.4 Å². The van der Waals surface area contributed by atoms with E-state index in [2.05, 4.69) is 11.1 Å². The normalized spacial score (nSPS) is 9.08. The van der Waals surface area contributed by atoms with E-state index < -0.39 is 5.97 Å². The molecular formula is C7H6ClN2O2Y-. The second-order valence-electron chi connectivity index (χ2n) is 2.20. The molecule has 0 saturated carbocycles. The van der Waals surface area contributed by atoms with Gasteiger partial charge >= 0.3 is 5.97 Å². The van der Waals surface area contributed by atoms with E-state index in [9.17, 15) is 4.79 Å². The minimum absolute atomic E-state index is 0. The molecule has 67 valence electrons. The van der Waals surface area contributed by atoms with Crippen molar-refractivity contribution < 1.29 is 42.6 Å². The van der Waals surface area contributed by atoms with E-state index in [0.717, 1.165) is 0 Å². The molecule has 3 N–H and O–H groups in total.